The maximum Gasteiger partial charge on any atom is 0.224 e. The number of hydrogen-bond acceptors (Lipinski definition) is 2. The second-order valence-corrected chi connectivity index (χ2v) is 5.58. The smallest absolute Gasteiger partial charge is 0.224 e. The lowest BCUT2D eigenvalue weighted by atomic mass is 10.0. The molecule has 0 aliphatic rings. The van der Waals surface area contributed by atoms with Crippen LogP contribution < -0.4 is 11.1 Å². The Labute approximate surface area is 131 Å². The van der Waals surface area contributed by atoms with E-state index in [2.05, 4.69) is 43.2 Å². The standard InChI is InChI=1S/C16H23N3O.ClH/c1-9-5-13(8-18-16(20)10(2)7-17)15-14(6-9)11(3)12(4)19-15;/h5-6,10,19H,7-8,17H2,1-4H3,(H,18,20);1H. The molecule has 1 heterocycles. The van der Waals surface area contributed by atoms with Gasteiger partial charge >= 0.3 is 0 Å². The Morgan fingerprint density at radius 3 is 2.62 bits per heavy atom. The van der Waals surface area contributed by atoms with E-state index in [0.717, 1.165) is 11.1 Å². The van der Waals surface area contributed by atoms with Crippen molar-refractivity contribution in [3.8, 4) is 0 Å². The topological polar surface area (TPSA) is 70.9 Å². The Balaban J connectivity index is 0.00000220. The molecule has 116 valence electrons. The molecule has 1 unspecified atom stereocenters. The predicted octanol–water partition coefficient (Wildman–Crippen LogP) is 2.73. The number of hydrogen-bond donors (Lipinski definition) is 3. The summed E-state index contributed by atoms with van der Waals surface area (Å²) in [6.07, 6.45) is 0. The predicted molar refractivity (Wildman–Crippen MR) is 89.8 cm³/mol. The molecule has 2 aromatic rings. The largest absolute Gasteiger partial charge is 0.358 e. The van der Waals surface area contributed by atoms with Crippen LogP contribution in [0.25, 0.3) is 10.9 Å². The molecule has 1 amide bonds. The van der Waals surface area contributed by atoms with Crippen LogP contribution >= 0.6 is 12.4 Å². The van der Waals surface area contributed by atoms with Crippen molar-refractivity contribution < 1.29 is 4.79 Å². The van der Waals surface area contributed by atoms with E-state index in [1.807, 2.05) is 6.92 Å². The van der Waals surface area contributed by atoms with E-state index < -0.39 is 0 Å². The van der Waals surface area contributed by atoms with Gasteiger partial charge in [-0.25, -0.2) is 0 Å². The van der Waals surface area contributed by atoms with Crippen molar-refractivity contribution in [2.45, 2.75) is 34.2 Å². The number of carbonyl (C=O) groups excluding carboxylic acids is 1. The van der Waals surface area contributed by atoms with Crippen LogP contribution in [0.4, 0.5) is 0 Å². The van der Waals surface area contributed by atoms with Crippen molar-refractivity contribution in [2.75, 3.05) is 6.54 Å². The average molecular weight is 310 g/mol. The zero-order valence-corrected chi connectivity index (χ0v) is 13.9. The lowest BCUT2D eigenvalue weighted by molar-refractivity contribution is -0.124. The fraction of sp³-hybridized carbons (Fsp3) is 0.438. The average Bonchev–Trinajstić information content (AvgIpc) is 2.71. The maximum atomic E-state index is 11.8. The first-order valence-electron chi connectivity index (χ1n) is 7.00. The zero-order chi connectivity index (χ0) is 14.9. The zero-order valence-electron chi connectivity index (χ0n) is 13.0. The van der Waals surface area contributed by atoms with Crippen molar-refractivity contribution in [2.24, 2.45) is 11.7 Å². The first-order chi connectivity index (χ1) is 9.43. The molecule has 0 spiro atoms. The molecule has 0 radical (unpaired) electrons. The molecule has 4 N–H and O–H groups in total. The number of carbonyl (C=O) groups is 1. The fourth-order valence-electron chi connectivity index (χ4n) is 2.39. The van der Waals surface area contributed by atoms with E-state index in [4.69, 9.17) is 5.73 Å². The highest BCUT2D eigenvalue weighted by molar-refractivity contribution is 5.88. The minimum Gasteiger partial charge on any atom is -0.358 e. The van der Waals surface area contributed by atoms with Crippen LogP contribution in [0, 0.1) is 26.7 Å². The summed E-state index contributed by atoms with van der Waals surface area (Å²) in [5, 5.41) is 4.19. The molecule has 0 aliphatic carbocycles. The van der Waals surface area contributed by atoms with Gasteiger partial charge in [-0.2, -0.15) is 0 Å². The number of H-pyrrole nitrogens is 1. The van der Waals surface area contributed by atoms with E-state index in [0.29, 0.717) is 13.1 Å². The van der Waals surface area contributed by atoms with Crippen LogP contribution in [0.3, 0.4) is 0 Å². The summed E-state index contributed by atoms with van der Waals surface area (Å²) in [6, 6.07) is 4.30. The van der Waals surface area contributed by atoms with Crippen LogP contribution in [-0.4, -0.2) is 17.4 Å². The molecule has 0 saturated carbocycles. The van der Waals surface area contributed by atoms with Crippen molar-refractivity contribution in [1.29, 1.82) is 0 Å². The van der Waals surface area contributed by atoms with Crippen molar-refractivity contribution >= 4 is 29.2 Å². The molecule has 0 aliphatic heterocycles. The molecular weight excluding hydrogens is 286 g/mol. The van der Waals surface area contributed by atoms with Gasteiger partial charge in [-0.05, 0) is 38.0 Å². The Hall–Kier alpha value is -1.52. The quantitative estimate of drug-likeness (QED) is 0.812. The molecule has 1 aromatic heterocycles. The molecular formula is C16H24ClN3O. The van der Waals surface area contributed by atoms with Crippen LogP contribution in [0.15, 0.2) is 12.1 Å². The van der Waals surface area contributed by atoms with Gasteiger partial charge in [0.05, 0.1) is 5.52 Å². The molecule has 1 aromatic carbocycles. The summed E-state index contributed by atoms with van der Waals surface area (Å²) in [5.74, 6) is -0.149. The van der Waals surface area contributed by atoms with Crippen molar-refractivity contribution in [1.82, 2.24) is 10.3 Å². The molecule has 0 saturated heterocycles. The number of aromatic nitrogens is 1. The molecule has 21 heavy (non-hydrogen) atoms. The molecule has 5 heteroatoms. The number of rotatable bonds is 4. The molecule has 0 fully saturated rings. The number of amides is 1. The van der Waals surface area contributed by atoms with E-state index in [9.17, 15) is 4.79 Å². The van der Waals surface area contributed by atoms with Crippen LogP contribution in [0.1, 0.15) is 29.3 Å². The second kappa shape index (κ2) is 6.96. The summed E-state index contributed by atoms with van der Waals surface area (Å²) in [5.41, 5.74) is 11.4. The number of fused-ring (bicyclic) bond motifs is 1. The minimum atomic E-state index is -0.151. The van der Waals surface area contributed by atoms with Crippen LogP contribution in [0.5, 0.6) is 0 Å². The first kappa shape index (κ1) is 17.5. The number of benzene rings is 1. The first-order valence-corrected chi connectivity index (χ1v) is 7.00. The maximum absolute atomic E-state index is 11.8. The van der Waals surface area contributed by atoms with Gasteiger partial charge < -0.3 is 16.0 Å². The Bertz CT molecular complexity index is 648. The monoisotopic (exact) mass is 309 g/mol. The second-order valence-electron chi connectivity index (χ2n) is 5.58. The highest BCUT2D eigenvalue weighted by Crippen LogP contribution is 2.25. The molecule has 2 rings (SSSR count). The summed E-state index contributed by atoms with van der Waals surface area (Å²) in [4.78, 5) is 15.3. The van der Waals surface area contributed by atoms with Crippen LogP contribution in [0.2, 0.25) is 0 Å². The van der Waals surface area contributed by atoms with Gasteiger partial charge in [0.1, 0.15) is 0 Å². The fourth-order valence-corrected chi connectivity index (χ4v) is 2.39. The minimum absolute atomic E-state index is 0. The number of halogens is 1. The van der Waals surface area contributed by atoms with E-state index >= 15 is 0 Å². The van der Waals surface area contributed by atoms with Gasteiger partial charge in [-0.1, -0.05) is 18.6 Å². The SMILES string of the molecule is Cc1cc(CNC(=O)C(C)CN)c2[nH]c(C)c(C)c2c1.Cl. The Kier molecular flexibility index (Phi) is 5.81. The third kappa shape index (κ3) is 3.57. The Morgan fingerprint density at radius 2 is 2.00 bits per heavy atom. The Morgan fingerprint density at radius 1 is 1.33 bits per heavy atom. The third-order valence-electron chi connectivity index (χ3n) is 3.90. The summed E-state index contributed by atoms with van der Waals surface area (Å²) in [7, 11) is 0. The van der Waals surface area contributed by atoms with Gasteiger partial charge in [-0.3, -0.25) is 4.79 Å². The molecule has 1 atom stereocenters. The lowest BCUT2D eigenvalue weighted by Crippen LogP contribution is -2.32. The summed E-state index contributed by atoms with van der Waals surface area (Å²) in [6.45, 7) is 9.01. The van der Waals surface area contributed by atoms with Crippen LogP contribution in [-0.2, 0) is 11.3 Å². The van der Waals surface area contributed by atoms with Gasteiger partial charge in [0.25, 0.3) is 0 Å². The summed E-state index contributed by atoms with van der Waals surface area (Å²) >= 11 is 0. The lowest BCUT2D eigenvalue weighted by Gasteiger charge is -2.11. The van der Waals surface area contributed by atoms with Gasteiger partial charge in [0.15, 0.2) is 0 Å². The van der Waals surface area contributed by atoms with Crippen molar-refractivity contribution in [3.63, 3.8) is 0 Å². The third-order valence-corrected chi connectivity index (χ3v) is 3.90. The van der Waals surface area contributed by atoms with E-state index in [-0.39, 0.29) is 24.2 Å². The van der Waals surface area contributed by atoms with Crippen molar-refractivity contribution in [3.05, 3.63) is 34.5 Å². The van der Waals surface area contributed by atoms with E-state index in [1.165, 1.54) is 22.2 Å². The van der Waals surface area contributed by atoms with E-state index in [1.54, 1.807) is 0 Å². The number of nitrogens with one attached hydrogen (secondary N) is 2. The highest BCUT2D eigenvalue weighted by atomic mass is 35.5. The number of aromatic amines is 1. The van der Waals surface area contributed by atoms with Gasteiger partial charge in [0.2, 0.25) is 5.91 Å². The van der Waals surface area contributed by atoms with Gasteiger partial charge in [0, 0.05) is 30.1 Å². The normalized spacial score (nSPS) is 12.0. The number of aryl methyl sites for hydroxylation is 3. The molecule has 4 nitrogen and oxygen atoms in total. The van der Waals surface area contributed by atoms with Gasteiger partial charge in [-0.15, -0.1) is 12.4 Å². The summed E-state index contributed by atoms with van der Waals surface area (Å²) < 4.78 is 0. The number of nitrogens with two attached hydrogens (primary N) is 1. The highest BCUT2D eigenvalue weighted by Gasteiger charge is 2.13. The molecule has 0 bridgehead atoms.